The minimum Gasteiger partial charge on any atom is -0.428 e. The third-order valence-electron chi connectivity index (χ3n) is 3.79. The first-order valence-corrected chi connectivity index (χ1v) is 8.23. The molecule has 2 aromatic rings. The van der Waals surface area contributed by atoms with E-state index >= 15 is 0 Å². The summed E-state index contributed by atoms with van der Waals surface area (Å²) in [5.74, 6) is -1.32. The van der Waals surface area contributed by atoms with Crippen LogP contribution in [-0.2, 0) is 31.9 Å². The minimum atomic E-state index is -0.789. The summed E-state index contributed by atoms with van der Waals surface area (Å²) in [4.78, 5) is 23.8. The van der Waals surface area contributed by atoms with E-state index in [1.54, 1.807) is 6.92 Å². The van der Waals surface area contributed by atoms with Crippen molar-refractivity contribution in [3.8, 4) is 0 Å². The molecule has 2 N–H and O–H groups in total. The highest BCUT2D eigenvalue weighted by Gasteiger charge is 2.18. The van der Waals surface area contributed by atoms with E-state index in [2.05, 4.69) is 0 Å². The van der Waals surface area contributed by atoms with Gasteiger partial charge in [-0.25, -0.2) is 0 Å². The average Bonchev–Trinajstić information content (AvgIpc) is 2.63. The highest BCUT2D eigenvalue weighted by atomic mass is 16.7. The Morgan fingerprint density at radius 1 is 0.840 bits per heavy atom. The van der Waals surface area contributed by atoms with Gasteiger partial charge >= 0.3 is 11.9 Å². The molecule has 2 aromatic carbocycles. The van der Waals surface area contributed by atoms with Crippen molar-refractivity contribution in [2.24, 2.45) is 11.7 Å². The van der Waals surface area contributed by atoms with Crippen LogP contribution < -0.4 is 5.73 Å². The van der Waals surface area contributed by atoms with Gasteiger partial charge in [0.2, 0.25) is 6.79 Å². The van der Waals surface area contributed by atoms with Crippen LogP contribution in [0, 0.1) is 5.92 Å². The number of hydrogen-bond donors (Lipinski definition) is 1. The molecule has 0 aliphatic heterocycles. The van der Waals surface area contributed by atoms with E-state index in [1.165, 1.54) is 0 Å². The molecule has 0 saturated heterocycles. The molecule has 5 nitrogen and oxygen atoms in total. The van der Waals surface area contributed by atoms with Crippen LogP contribution >= 0.6 is 0 Å². The van der Waals surface area contributed by atoms with Gasteiger partial charge in [-0.2, -0.15) is 0 Å². The van der Waals surface area contributed by atoms with Crippen molar-refractivity contribution in [2.45, 2.75) is 25.8 Å². The number of ether oxygens (including phenoxy) is 2. The smallest absolute Gasteiger partial charge is 0.326 e. The summed E-state index contributed by atoms with van der Waals surface area (Å²) in [5, 5.41) is 0. The van der Waals surface area contributed by atoms with Crippen LogP contribution in [-0.4, -0.2) is 24.8 Å². The molecule has 5 heteroatoms. The lowest BCUT2D eigenvalue weighted by molar-refractivity contribution is -0.170. The number of esters is 2. The van der Waals surface area contributed by atoms with E-state index in [-0.39, 0.29) is 5.92 Å². The lowest BCUT2D eigenvalue weighted by Gasteiger charge is -2.14. The molecule has 25 heavy (non-hydrogen) atoms. The molecule has 0 amide bonds. The monoisotopic (exact) mass is 341 g/mol. The standard InChI is InChI=1S/C20H23NO4/c1-15(12-16-8-4-2-5-9-16)19(22)24-14-25-20(23)18(21)13-17-10-6-3-7-11-17/h2-11,15,18H,12-14,21H2,1H3. The molecule has 0 fully saturated rings. The van der Waals surface area contributed by atoms with Crippen molar-refractivity contribution in [3.63, 3.8) is 0 Å². The molecule has 132 valence electrons. The van der Waals surface area contributed by atoms with Crippen molar-refractivity contribution < 1.29 is 19.1 Å². The third-order valence-corrected chi connectivity index (χ3v) is 3.79. The molecule has 0 bridgehead atoms. The van der Waals surface area contributed by atoms with Crippen LogP contribution in [0.15, 0.2) is 60.7 Å². The summed E-state index contributed by atoms with van der Waals surface area (Å²) in [7, 11) is 0. The van der Waals surface area contributed by atoms with Gasteiger partial charge in [-0.1, -0.05) is 67.6 Å². The summed E-state index contributed by atoms with van der Waals surface area (Å²) >= 11 is 0. The number of carbonyl (C=O) groups is 2. The van der Waals surface area contributed by atoms with Gasteiger partial charge < -0.3 is 15.2 Å². The normalized spacial score (nSPS) is 12.9. The second-order valence-electron chi connectivity index (χ2n) is 5.93. The topological polar surface area (TPSA) is 78.6 Å². The molecule has 0 aromatic heterocycles. The van der Waals surface area contributed by atoms with Crippen LogP contribution in [0.1, 0.15) is 18.1 Å². The van der Waals surface area contributed by atoms with Gasteiger partial charge in [0.1, 0.15) is 6.04 Å². The zero-order valence-electron chi connectivity index (χ0n) is 14.3. The van der Waals surface area contributed by atoms with E-state index in [0.717, 1.165) is 11.1 Å². The zero-order chi connectivity index (χ0) is 18.1. The fourth-order valence-corrected chi connectivity index (χ4v) is 2.40. The Kier molecular flexibility index (Phi) is 7.16. The molecular formula is C20H23NO4. The molecule has 0 heterocycles. The molecule has 2 atom stereocenters. The maximum Gasteiger partial charge on any atom is 0.326 e. The van der Waals surface area contributed by atoms with E-state index in [9.17, 15) is 9.59 Å². The zero-order valence-corrected chi connectivity index (χ0v) is 14.3. The van der Waals surface area contributed by atoms with E-state index in [4.69, 9.17) is 15.2 Å². The van der Waals surface area contributed by atoms with Crippen LogP contribution in [0.25, 0.3) is 0 Å². The molecule has 0 spiro atoms. The highest BCUT2D eigenvalue weighted by molar-refractivity contribution is 5.76. The summed E-state index contributed by atoms with van der Waals surface area (Å²) in [6.07, 6.45) is 0.944. The highest BCUT2D eigenvalue weighted by Crippen LogP contribution is 2.10. The molecule has 0 aliphatic rings. The lowest BCUT2D eigenvalue weighted by Crippen LogP contribution is -2.35. The maximum atomic E-state index is 11.9. The fourth-order valence-electron chi connectivity index (χ4n) is 2.40. The molecule has 2 unspecified atom stereocenters. The van der Waals surface area contributed by atoms with Crippen molar-refractivity contribution in [2.75, 3.05) is 6.79 Å². The average molecular weight is 341 g/mol. The van der Waals surface area contributed by atoms with Crippen LogP contribution in [0.4, 0.5) is 0 Å². The van der Waals surface area contributed by atoms with E-state index in [0.29, 0.717) is 12.8 Å². The van der Waals surface area contributed by atoms with Crippen molar-refractivity contribution >= 4 is 11.9 Å². The molecule has 0 aliphatic carbocycles. The van der Waals surface area contributed by atoms with Crippen molar-refractivity contribution in [1.29, 1.82) is 0 Å². The van der Waals surface area contributed by atoms with Crippen LogP contribution in [0.3, 0.4) is 0 Å². The largest absolute Gasteiger partial charge is 0.428 e. The first kappa shape index (κ1) is 18.7. The summed E-state index contributed by atoms with van der Waals surface area (Å²) in [6.45, 7) is 1.36. The first-order chi connectivity index (χ1) is 12.1. The Balaban J connectivity index is 1.70. The van der Waals surface area contributed by atoms with Gasteiger partial charge in [0.25, 0.3) is 0 Å². The Hall–Kier alpha value is -2.66. The van der Waals surface area contributed by atoms with Gasteiger partial charge in [-0.05, 0) is 24.0 Å². The minimum absolute atomic E-state index is 0.320. The molecule has 2 rings (SSSR count). The van der Waals surface area contributed by atoms with E-state index < -0.39 is 24.8 Å². The quantitative estimate of drug-likeness (QED) is 0.589. The maximum absolute atomic E-state index is 11.9. The molecule has 0 radical (unpaired) electrons. The van der Waals surface area contributed by atoms with Gasteiger partial charge in [-0.3, -0.25) is 9.59 Å². The number of hydrogen-bond acceptors (Lipinski definition) is 5. The van der Waals surface area contributed by atoms with Gasteiger partial charge in [0.05, 0.1) is 5.92 Å². The Bertz CT molecular complexity index is 613. The second kappa shape index (κ2) is 9.59. The second-order valence-corrected chi connectivity index (χ2v) is 5.93. The van der Waals surface area contributed by atoms with Crippen LogP contribution in [0.5, 0.6) is 0 Å². The molecular weight excluding hydrogens is 318 g/mol. The van der Waals surface area contributed by atoms with E-state index in [1.807, 2.05) is 60.7 Å². The summed E-state index contributed by atoms with van der Waals surface area (Å²) < 4.78 is 9.95. The number of carbonyl (C=O) groups excluding carboxylic acids is 2. The summed E-state index contributed by atoms with van der Waals surface area (Å²) in [5.41, 5.74) is 7.81. The van der Waals surface area contributed by atoms with Gasteiger partial charge in [-0.15, -0.1) is 0 Å². The number of nitrogens with two attached hydrogens (primary N) is 1. The first-order valence-electron chi connectivity index (χ1n) is 8.23. The third kappa shape index (κ3) is 6.39. The Labute approximate surface area is 147 Å². The molecule has 0 saturated carbocycles. The SMILES string of the molecule is CC(Cc1ccccc1)C(=O)OCOC(=O)C(N)Cc1ccccc1. The number of benzene rings is 2. The lowest BCUT2D eigenvalue weighted by atomic mass is 10.0. The van der Waals surface area contributed by atoms with Gasteiger partial charge in [0.15, 0.2) is 0 Å². The predicted molar refractivity (Wildman–Crippen MR) is 94.5 cm³/mol. The Morgan fingerprint density at radius 2 is 1.32 bits per heavy atom. The van der Waals surface area contributed by atoms with Gasteiger partial charge in [0, 0.05) is 0 Å². The Morgan fingerprint density at radius 3 is 1.88 bits per heavy atom. The van der Waals surface area contributed by atoms with Crippen molar-refractivity contribution in [1.82, 2.24) is 0 Å². The number of rotatable bonds is 8. The van der Waals surface area contributed by atoms with Crippen molar-refractivity contribution in [3.05, 3.63) is 71.8 Å². The predicted octanol–water partition coefficient (Wildman–Crippen LogP) is 2.48. The summed E-state index contributed by atoms with van der Waals surface area (Å²) in [6, 6.07) is 18.3. The fraction of sp³-hybridized carbons (Fsp3) is 0.300. The van der Waals surface area contributed by atoms with Crippen LogP contribution in [0.2, 0.25) is 0 Å².